The van der Waals surface area contributed by atoms with E-state index in [0.717, 1.165) is 18.8 Å². The molecule has 1 saturated carbocycles. The number of hydrogen-bond donors (Lipinski definition) is 2. The van der Waals surface area contributed by atoms with Gasteiger partial charge in [0.05, 0.1) is 0 Å². The van der Waals surface area contributed by atoms with Gasteiger partial charge in [0.2, 0.25) is 0 Å². The van der Waals surface area contributed by atoms with E-state index in [1.807, 2.05) is 0 Å². The number of benzene rings is 2. The minimum Gasteiger partial charge on any atom is -0.508 e. The molecule has 0 aliphatic heterocycles. The molecule has 0 saturated heterocycles. The highest BCUT2D eigenvalue weighted by Gasteiger charge is 2.37. The summed E-state index contributed by atoms with van der Waals surface area (Å²) in [4.78, 5) is 0. The van der Waals surface area contributed by atoms with Crippen LogP contribution in [0.15, 0.2) is 48.5 Å². The van der Waals surface area contributed by atoms with Crippen molar-refractivity contribution in [2.24, 2.45) is 5.92 Å². The predicted octanol–water partition coefficient (Wildman–Crippen LogP) is 4.98. The second-order valence-corrected chi connectivity index (χ2v) is 6.53. The summed E-state index contributed by atoms with van der Waals surface area (Å²) in [6.45, 7) is 2.28. The van der Waals surface area contributed by atoms with Crippen molar-refractivity contribution in [2.45, 2.75) is 44.4 Å². The van der Waals surface area contributed by atoms with Crippen molar-refractivity contribution in [1.82, 2.24) is 0 Å². The van der Waals surface area contributed by atoms with Crippen molar-refractivity contribution in [3.63, 3.8) is 0 Å². The van der Waals surface area contributed by atoms with Gasteiger partial charge in [-0.25, -0.2) is 0 Å². The average Bonchev–Trinajstić information content (AvgIpc) is 2.56. The minimum absolute atomic E-state index is 0.00701. The van der Waals surface area contributed by atoms with Crippen molar-refractivity contribution >= 4 is 0 Å². The van der Waals surface area contributed by atoms with Crippen LogP contribution in [0.1, 0.15) is 50.2 Å². The van der Waals surface area contributed by atoms with Crippen LogP contribution < -0.4 is 0 Å². The van der Waals surface area contributed by atoms with Gasteiger partial charge in [-0.15, -0.1) is 0 Å². The van der Waals surface area contributed by atoms with Crippen molar-refractivity contribution in [3.05, 3.63) is 59.7 Å². The Kier molecular flexibility index (Phi) is 4.10. The first-order chi connectivity index (χ1) is 10.6. The van der Waals surface area contributed by atoms with E-state index in [9.17, 15) is 10.2 Å². The third-order valence-corrected chi connectivity index (χ3v) is 5.38. The molecule has 116 valence electrons. The third-order valence-electron chi connectivity index (χ3n) is 5.38. The zero-order valence-electron chi connectivity index (χ0n) is 13.1. The van der Waals surface area contributed by atoms with Gasteiger partial charge in [-0.05, 0) is 67.0 Å². The van der Waals surface area contributed by atoms with Crippen molar-refractivity contribution in [1.29, 1.82) is 0 Å². The van der Waals surface area contributed by atoms with Crippen LogP contribution in [0.4, 0.5) is 0 Å². The lowest BCUT2D eigenvalue weighted by Crippen LogP contribution is -2.33. The van der Waals surface area contributed by atoms with Crippen molar-refractivity contribution in [2.75, 3.05) is 0 Å². The van der Waals surface area contributed by atoms with E-state index in [1.165, 1.54) is 30.4 Å². The molecular formula is C20H24O2. The summed E-state index contributed by atoms with van der Waals surface area (Å²) in [5.41, 5.74) is 2.55. The summed E-state index contributed by atoms with van der Waals surface area (Å²) in [5, 5.41) is 19.2. The molecule has 22 heavy (non-hydrogen) atoms. The van der Waals surface area contributed by atoms with Crippen LogP contribution in [0.25, 0.3) is 0 Å². The highest BCUT2D eigenvalue weighted by atomic mass is 16.3. The van der Waals surface area contributed by atoms with Gasteiger partial charge in [0.1, 0.15) is 11.5 Å². The summed E-state index contributed by atoms with van der Waals surface area (Å²) in [7, 11) is 0. The maximum atomic E-state index is 9.59. The standard InChI is InChI=1S/C20H24O2/c1-2-15-11-13-20(14-12-15,16-3-7-18(21)8-4-16)17-5-9-19(22)10-6-17/h3-10,15,21-22H,2,11-14H2,1H3. The van der Waals surface area contributed by atoms with Crippen LogP contribution in [-0.2, 0) is 5.41 Å². The van der Waals surface area contributed by atoms with E-state index in [1.54, 1.807) is 24.3 Å². The number of rotatable bonds is 3. The number of hydrogen-bond acceptors (Lipinski definition) is 2. The molecule has 0 radical (unpaired) electrons. The number of phenolic OH excluding ortho intramolecular Hbond substituents is 2. The summed E-state index contributed by atoms with van der Waals surface area (Å²) in [6, 6.07) is 15.3. The average molecular weight is 296 g/mol. The van der Waals surface area contributed by atoms with E-state index in [-0.39, 0.29) is 5.41 Å². The van der Waals surface area contributed by atoms with Crippen LogP contribution in [-0.4, -0.2) is 10.2 Å². The van der Waals surface area contributed by atoms with Crippen LogP contribution in [0.5, 0.6) is 11.5 Å². The van der Waals surface area contributed by atoms with Gasteiger partial charge >= 0.3 is 0 Å². The summed E-state index contributed by atoms with van der Waals surface area (Å²) >= 11 is 0. The first-order valence-corrected chi connectivity index (χ1v) is 8.23. The first kappa shape index (κ1) is 15.0. The fraction of sp³-hybridized carbons (Fsp3) is 0.400. The highest BCUT2D eigenvalue weighted by Crippen LogP contribution is 2.47. The molecule has 0 unspecified atom stereocenters. The Hall–Kier alpha value is -1.96. The van der Waals surface area contributed by atoms with Gasteiger partial charge in [-0.3, -0.25) is 0 Å². The van der Waals surface area contributed by atoms with Crippen molar-refractivity contribution < 1.29 is 10.2 Å². The molecule has 2 aromatic rings. The molecule has 2 aromatic carbocycles. The maximum Gasteiger partial charge on any atom is 0.115 e. The Morgan fingerprint density at radius 3 is 1.59 bits per heavy atom. The SMILES string of the molecule is CCC1CCC(c2ccc(O)cc2)(c2ccc(O)cc2)CC1. The second kappa shape index (κ2) is 6.04. The Morgan fingerprint density at radius 2 is 1.23 bits per heavy atom. The lowest BCUT2D eigenvalue weighted by Gasteiger charge is -2.41. The Morgan fingerprint density at radius 1 is 0.818 bits per heavy atom. The van der Waals surface area contributed by atoms with E-state index in [2.05, 4.69) is 31.2 Å². The normalized spacial score (nSPS) is 18.2. The lowest BCUT2D eigenvalue weighted by molar-refractivity contribution is 0.260. The Labute approximate surface area is 132 Å². The summed E-state index contributed by atoms with van der Waals surface area (Å²) in [6.07, 6.45) is 5.97. The fourth-order valence-corrected chi connectivity index (χ4v) is 3.88. The van der Waals surface area contributed by atoms with E-state index >= 15 is 0 Å². The molecular weight excluding hydrogens is 272 g/mol. The molecule has 0 aromatic heterocycles. The molecule has 2 N–H and O–H groups in total. The van der Waals surface area contributed by atoms with E-state index < -0.39 is 0 Å². The maximum absolute atomic E-state index is 9.59. The molecule has 3 rings (SSSR count). The van der Waals surface area contributed by atoms with Crippen LogP contribution in [0, 0.1) is 5.92 Å². The van der Waals surface area contributed by atoms with Gasteiger partial charge in [0.15, 0.2) is 0 Å². The Balaban J connectivity index is 2.02. The smallest absolute Gasteiger partial charge is 0.115 e. The molecule has 2 nitrogen and oxygen atoms in total. The molecule has 0 spiro atoms. The highest BCUT2D eigenvalue weighted by molar-refractivity contribution is 5.43. The zero-order valence-corrected chi connectivity index (χ0v) is 13.1. The van der Waals surface area contributed by atoms with Crippen LogP contribution in [0.3, 0.4) is 0 Å². The van der Waals surface area contributed by atoms with Gasteiger partial charge in [-0.1, -0.05) is 37.6 Å². The number of aromatic hydroxyl groups is 2. The molecule has 1 aliphatic rings. The topological polar surface area (TPSA) is 40.5 Å². The molecule has 1 aliphatic carbocycles. The largest absolute Gasteiger partial charge is 0.508 e. The van der Waals surface area contributed by atoms with Gasteiger partial charge in [-0.2, -0.15) is 0 Å². The van der Waals surface area contributed by atoms with Gasteiger partial charge in [0, 0.05) is 5.41 Å². The van der Waals surface area contributed by atoms with E-state index in [0.29, 0.717) is 11.5 Å². The fourth-order valence-electron chi connectivity index (χ4n) is 3.88. The lowest BCUT2D eigenvalue weighted by atomic mass is 9.63. The molecule has 0 bridgehead atoms. The minimum atomic E-state index is 0.00701. The van der Waals surface area contributed by atoms with Gasteiger partial charge in [0.25, 0.3) is 0 Å². The Bertz CT molecular complexity index is 558. The monoisotopic (exact) mass is 296 g/mol. The van der Waals surface area contributed by atoms with Crippen LogP contribution in [0.2, 0.25) is 0 Å². The molecule has 0 atom stereocenters. The molecule has 0 heterocycles. The van der Waals surface area contributed by atoms with Gasteiger partial charge < -0.3 is 10.2 Å². The van der Waals surface area contributed by atoms with E-state index in [4.69, 9.17) is 0 Å². The number of phenols is 2. The summed E-state index contributed by atoms with van der Waals surface area (Å²) < 4.78 is 0. The molecule has 2 heteroatoms. The zero-order chi connectivity index (χ0) is 15.6. The van der Waals surface area contributed by atoms with Crippen molar-refractivity contribution in [3.8, 4) is 11.5 Å². The third kappa shape index (κ3) is 2.70. The predicted molar refractivity (Wildman–Crippen MR) is 89.2 cm³/mol. The summed E-state index contributed by atoms with van der Waals surface area (Å²) in [5.74, 6) is 1.45. The first-order valence-electron chi connectivity index (χ1n) is 8.23. The quantitative estimate of drug-likeness (QED) is 0.838. The molecule has 0 amide bonds. The molecule has 1 fully saturated rings. The van der Waals surface area contributed by atoms with Crippen LogP contribution >= 0.6 is 0 Å². The second-order valence-electron chi connectivity index (χ2n) is 6.53.